The molecule has 2 unspecified atom stereocenters. The summed E-state index contributed by atoms with van der Waals surface area (Å²) < 4.78 is 0. The van der Waals surface area contributed by atoms with Crippen molar-refractivity contribution in [2.24, 2.45) is 10.8 Å². The fourth-order valence-corrected chi connectivity index (χ4v) is 8.43. The Morgan fingerprint density at radius 1 is 0.565 bits per heavy atom. The van der Waals surface area contributed by atoms with E-state index in [-0.39, 0.29) is 21.7 Å². The first kappa shape index (κ1) is 38.3. The maximum Gasteiger partial charge on any atom is 0.135 e. The lowest BCUT2D eigenvalue weighted by Gasteiger charge is -2.29. The predicted molar refractivity (Wildman–Crippen MR) is 204 cm³/mol. The van der Waals surface area contributed by atoms with Crippen LogP contribution >= 0.6 is 23.5 Å². The Bertz CT molecular complexity index is 1350. The molecule has 0 spiro atoms. The number of thioether (sulfide) groups is 2. The molecular weight excluding hydrogens is 601 g/mol. The van der Waals surface area contributed by atoms with Gasteiger partial charge in [-0.05, 0) is 88.5 Å². The highest BCUT2D eigenvalue weighted by Crippen LogP contribution is 2.41. The third-order valence-corrected chi connectivity index (χ3v) is 11.4. The number of aromatic hydroxyl groups is 2. The van der Waals surface area contributed by atoms with Gasteiger partial charge in [-0.15, -0.1) is 0 Å². The third-order valence-electron chi connectivity index (χ3n) is 8.30. The second kappa shape index (κ2) is 15.4. The number of phenols is 2. The van der Waals surface area contributed by atoms with Crippen LogP contribution in [0.4, 0.5) is 0 Å². The molecule has 3 rings (SSSR count). The van der Waals surface area contributed by atoms with E-state index in [1.807, 2.05) is 23.5 Å². The summed E-state index contributed by atoms with van der Waals surface area (Å²) in [7, 11) is 0. The van der Waals surface area contributed by atoms with Gasteiger partial charge in [0.1, 0.15) is 11.5 Å². The molecule has 46 heavy (non-hydrogen) atoms. The smallest absolute Gasteiger partial charge is 0.135 e. The maximum atomic E-state index is 11.4. The molecule has 0 heterocycles. The van der Waals surface area contributed by atoms with E-state index in [2.05, 4.69) is 131 Å². The third kappa shape index (κ3) is 11.8. The highest BCUT2D eigenvalue weighted by atomic mass is 32.2. The van der Waals surface area contributed by atoms with Crippen LogP contribution in [0.25, 0.3) is 0 Å². The van der Waals surface area contributed by atoms with Crippen LogP contribution in [0.15, 0.2) is 24.3 Å². The van der Waals surface area contributed by atoms with Gasteiger partial charge in [0.15, 0.2) is 0 Å². The Kier molecular flexibility index (Phi) is 12.8. The summed E-state index contributed by atoms with van der Waals surface area (Å²) >= 11 is 3.99. The van der Waals surface area contributed by atoms with Gasteiger partial charge in [-0.1, -0.05) is 103 Å². The Morgan fingerprint density at radius 2 is 0.913 bits per heavy atom. The lowest BCUT2D eigenvalue weighted by atomic mass is 9.84. The van der Waals surface area contributed by atoms with Crippen LogP contribution in [0.2, 0.25) is 0 Å². The van der Waals surface area contributed by atoms with E-state index in [4.69, 9.17) is 0 Å². The van der Waals surface area contributed by atoms with Crippen LogP contribution < -0.4 is 0 Å². The van der Waals surface area contributed by atoms with Crippen molar-refractivity contribution in [3.63, 3.8) is 0 Å². The molecule has 1 aliphatic rings. The van der Waals surface area contributed by atoms with Crippen molar-refractivity contribution in [1.82, 2.24) is 0 Å². The van der Waals surface area contributed by atoms with E-state index in [9.17, 15) is 10.2 Å². The molecule has 2 aromatic rings. The minimum absolute atomic E-state index is 0.0381. The highest BCUT2D eigenvalue weighted by molar-refractivity contribution is 8.03. The zero-order valence-electron chi connectivity index (χ0n) is 30.8. The van der Waals surface area contributed by atoms with Crippen molar-refractivity contribution in [2.45, 2.75) is 154 Å². The molecule has 0 amide bonds. The Labute approximate surface area is 290 Å². The minimum atomic E-state index is -0.136. The standard InChI is InChI=1S/C42H60O2S2/c1-39(2,3)21-19-29-23-33(41(7,8)9)25-31(37(29)43)27-45-35-17-15-13-14-16-18-36(35)46-28-32-26-34(42(10,11)12)24-30(38(32)44)20-22-40(4,5)6/h23-26,35-36,43-44H,13-18,27-28H2,1-12H3. The van der Waals surface area contributed by atoms with E-state index < -0.39 is 0 Å². The molecule has 252 valence electrons. The fraction of sp³-hybridized carbons (Fsp3) is 0.619. The van der Waals surface area contributed by atoms with Crippen LogP contribution in [-0.2, 0) is 22.3 Å². The second-order valence-corrected chi connectivity index (χ2v) is 19.7. The molecule has 2 N–H and O–H groups in total. The predicted octanol–water partition coefficient (Wildman–Crippen LogP) is 11.7. The number of hydrogen-bond donors (Lipinski definition) is 2. The van der Waals surface area contributed by atoms with E-state index >= 15 is 0 Å². The number of rotatable bonds is 6. The van der Waals surface area contributed by atoms with Crippen molar-refractivity contribution < 1.29 is 10.2 Å². The van der Waals surface area contributed by atoms with Crippen molar-refractivity contribution >= 4 is 23.5 Å². The van der Waals surface area contributed by atoms with Gasteiger partial charge in [-0.25, -0.2) is 0 Å². The van der Waals surface area contributed by atoms with Crippen molar-refractivity contribution in [1.29, 1.82) is 0 Å². The summed E-state index contributed by atoms with van der Waals surface area (Å²) in [6, 6.07) is 8.56. The lowest BCUT2D eigenvalue weighted by Crippen LogP contribution is -2.22. The maximum absolute atomic E-state index is 11.4. The Hall–Kier alpha value is -2.14. The number of benzene rings is 2. The molecule has 2 nitrogen and oxygen atoms in total. The van der Waals surface area contributed by atoms with Crippen molar-refractivity contribution in [2.75, 3.05) is 0 Å². The van der Waals surface area contributed by atoms with Gasteiger partial charge in [-0.3, -0.25) is 0 Å². The van der Waals surface area contributed by atoms with Gasteiger partial charge >= 0.3 is 0 Å². The Balaban J connectivity index is 1.91. The molecule has 4 heteroatoms. The second-order valence-electron chi connectivity index (χ2n) is 17.3. The van der Waals surface area contributed by atoms with E-state index in [1.165, 1.54) is 49.7 Å². The highest BCUT2D eigenvalue weighted by Gasteiger charge is 2.27. The van der Waals surface area contributed by atoms with E-state index in [1.54, 1.807) is 0 Å². The van der Waals surface area contributed by atoms with Gasteiger partial charge < -0.3 is 10.2 Å². The molecule has 1 aliphatic carbocycles. The van der Waals surface area contributed by atoms with Crippen LogP contribution in [0.3, 0.4) is 0 Å². The first-order valence-corrected chi connectivity index (χ1v) is 19.3. The number of phenolic OH excluding ortho intramolecular Hbond substituents is 2. The van der Waals surface area contributed by atoms with E-state index in [0.29, 0.717) is 22.0 Å². The first-order chi connectivity index (χ1) is 21.1. The molecule has 1 fully saturated rings. The average molecular weight is 661 g/mol. The summed E-state index contributed by atoms with van der Waals surface area (Å²) in [5.41, 5.74) is 5.52. The molecule has 2 atom stereocenters. The zero-order chi connectivity index (χ0) is 34.5. The van der Waals surface area contributed by atoms with Gasteiger partial charge in [0.2, 0.25) is 0 Å². The lowest BCUT2D eigenvalue weighted by molar-refractivity contribution is 0.466. The molecule has 0 bridgehead atoms. The van der Waals surface area contributed by atoms with Gasteiger partial charge in [0, 0.05) is 44.0 Å². The SMILES string of the molecule is CC(C)(C)C#Cc1cc(C(C)(C)C)cc(CSC2CCCCCCC2SCc2cc(C(C)(C)C)cc(C#CC(C)(C)C)c2O)c1O. The van der Waals surface area contributed by atoms with Crippen LogP contribution in [0.5, 0.6) is 11.5 Å². The molecule has 0 aromatic heterocycles. The monoisotopic (exact) mass is 660 g/mol. The normalized spacial score (nSPS) is 18.1. The molecular formula is C42H60O2S2. The molecule has 2 aromatic carbocycles. The summed E-state index contributed by atoms with van der Waals surface area (Å²) in [6.07, 6.45) is 7.40. The fourth-order valence-electron chi connectivity index (χ4n) is 5.37. The van der Waals surface area contributed by atoms with Crippen LogP contribution in [-0.4, -0.2) is 20.7 Å². The van der Waals surface area contributed by atoms with Gasteiger partial charge in [0.25, 0.3) is 0 Å². The molecule has 0 radical (unpaired) electrons. The summed E-state index contributed by atoms with van der Waals surface area (Å²) in [4.78, 5) is 0. The molecule has 0 aliphatic heterocycles. The Morgan fingerprint density at radius 3 is 1.22 bits per heavy atom. The molecule has 1 saturated carbocycles. The molecule has 0 saturated heterocycles. The van der Waals surface area contributed by atoms with Gasteiger partial charge in [-0.2, -0.15) is 23.5 Å². The zero-order valence-corrected chi connectivity index (χ0v) is 32.5. The first-order valence-electron chi connectivity index (χ1n) is 17.2. The average Bonchev–Trinajstić information content (AvgIpc) is 2.90. The van der Waals surface area contributed by atoms with E-state index in [0.717, 1.165) is 33.8 Å². The summed E-state index contributed by atoms with van der Waals surface area (Å²) in [5, 5.41) is 23.8. The number of hydrogen-bond acceptors (Lipinski definition) is 4. The van der Waals surface area contributed by atoms with Crippen LogP contribution in [0, 0.1) is 34.5 Å². The summed E-state index contributed by atoms with van der Waals surface area (Å²) in [6.45, 7) is 26.0. The quantitative estimate of drug-likeness (QED) is 0.303. The van der Waals surface area contributed by atoms with Crippen LogP contribution in [0.1, 0.15) is 155 Å². The van der Waals surface area contributed by atoms with Crippen molar-refractivity contribution in [3.05, 3.63) is 57.6 Å². The topological polar surface area (TPSA) is 40.5 Å². The largest absolute Gasteiger partial charge is 0.506 e. The summed E-state index contributed by atoms with van der Waals surface area (Å²) in [5.74, 6) is 15.5. The minimum Gasteiger partial charge on any atom is -0.506 e. The van der Waals surface area contributed by atoms with Gasteiger partial charge in [0.05, 0.1) is 11.1 Å². The van der Waals surface area contributed by atoms with Crippen molar-refractivity contribution in [3.8, 4) is 35.2 Å².